The van der Waals surface area contributed by atoms with Gasteiger partial charge in [0, 0.05) is 17.7 Å². The van der Waals surface area contributed by atoms with Crippen molar-refractivity contribution in [1.29, 1.82) is 0 Å². The largest absolute Gasteiger partial charge is 0.493 e. The van der Waals surface area contributed by atoms with Gasteiger partial charge in [-0.1, -0.05) is 63.4 Å². The van der Waals surface area contributed by atoms with E-state index in [1.165, 1.54) is 36.9 Å². The van der Waals surface area contributed by atoms with Crippen molar-refractivity contribution in [3.63, 3.8) is 0 Å². The standard InChI is InChI=1S/C26H19FO7.C4H6O.C4H8.C2H6.H3N/c1-4-25(29)33-22-11-8-18(14-24(22)34-26(30)5-2)19-9-6-16(12-20(19)27)17-7-10-21(31-3)23(13-17)32-15-28;1-4(2)3-5;1-4(2)3;1-2;/h4-15H,1-2H2,3H3;3H,1H2,2H3;1H2,2-3H3;1-2H3;1H3. The molecule has 0 aromatic heterocycles. The highest BCUT2D eigenvalue weighted by molar-refractivity contribution is 5.87. The van der Waals surface area contributed by atoms with Gasteiger partial charge in [0.2, 0.25) is 0 Å². The van der Waals surface area contributed by atoms with Gasteiger partial charge in [-0.3, -0.25) is 9.59 Å². The van der Waals surface area contributed by atoms with Crippen LogP contribution < -0.4 is 25.1 Å². The van der Waals surface area contributed by atoms with Crippen LogP contribution in [0.3, 0.4) is 0 Å². The third-order valence-corrected chi connectivity index (χ3v) is 4.85. The highest BCUT2D eigenvalue weighted by Gasteiger charge is 2.16. The summed E-state index contributed by atoms with van der Waals surface area (Å²) >= 11 is 0. The maximum absolute atomic E-state index is 15.1. The number of esters is 2. The molecule has 0 fully saturated rings. The Balaban J connectivity index is 0. The lowest BCUT2D eigenvalue weighted by Crippen LogP contribution is -2.08. The fourth-order valence-electron chi connectivity index (χ4n) is 3.07. The van der Waals surface area contributed by atoms with Gasteiger partial charge in [-0.05, 0) is 73.4 Å². The molecule has 0 spiro atoms. The van der Waals surface area contributed by atoms with E-state index in [4.69, 9.17) is 18.9 Å². The van der Waals surface area contributed by atoms with Crippen LogP contribution in [0.15, 0.2) is 104 Å². The molecule has 0 atom stereocenters. The molecule has 0 aliphatic heterocycles. The number of allylic oxidation sites excluding steroid dienone is 2. The van der Waals surface area contributed by atoms with Gasteiger partial charge in [-0.15, -0.1) is 6.58 Å². The van der Waals surface area contributed by atoms with Crippen LogP contribution in [0.1, 0.15) is 34.6 Å². The Morgan fingerprint density at radius 1 is 0.717 bits per heavy atom. The van der Waals surface area contributed by atoms with Crippen LogP contribution in [0.4, 0.5) is 4.39 Å². The van der Waals surface area contributed by atoms with Crippen LogP contribution >= 0.6 is 0 Å². The highest BCUT2D eigenvalue weighted by Crippen LogP contribution is 2.37. The summed E-state index contributed by atoms with van der Waals surface area (Å²) in [6, 6.07) is 13.6. The van der Waals surface area contributed by atoms with Crippen molar-refractivity contribution in [3.8, 4) is 45.3 Å². The fourth-order valence-corrected chi connectivity index (χ4v) is 3.07. The third-order valence-electron chi connectivity index (χ3n) is 4.85. The van der Waals surface area contributed by atoms with Crippen molar-refractivity contribution in [2.45, 2.75) is 34.6 Å². The molecule has 0 amide bonds. The SMILES string of the molecule is C=C(C)C.C=C(C)C=O.C=CC(=O)Oc1ccc(-c2ccc(-c3ccc(OC)c(OC=O)c3)cc2F)cc1OC(=O)C=C.CC.N. The summed E-state index contributed by atoms with van der Waals surface area (Å²) < 4.78 is 35.4. The van der Waals surface area contributed by atoms with Gasteiger partial charge in [-0.2, -0.15) is 0 Å². The average Bonchev–Trinajstić information content (AvgIpc) is 3.02. The first kappa shape index (κ1) is 42.5. The van der Waals surface area contributed by atoms with E-state index >= 15 is 4.39 Å². The normalized spacial score (nSPS) is 8.85. The Labute approximate surface area is 270 Å². The molecule has 3 N–H and O–H groups in total. The van der Waals surface area contributed by atoms with Gasteiger partial charge in [0.1, 0.15) is 12.1 Å². The molecule has 3 aromatic rings. The number of rotatable bonds is 10. The summed E-state index contributed by atoms with van der Waals surface area (Å²) in [6.07, 6.45) is 2.62. The van der Waals surface area contributed by atoms with Crippen molar-refractivity contribution in [1.82, 2.24) is 6.15 Å². The lowest BCUT2D eigenvalue weighted by atomic mass is 9.99. The van der Waals surface area contributed by atoms with E-state index in [0.717, 1.165) is 18.4 Å². The first-order chi connectivity index (χ1) is 21.4. The van der Waals surface area contributed by atoms with Crippen molar-refractivity contribution in [2.75, 3.05) is 7.11 Å². The van der Waals surface area contributed by atoms with Crippen LogP contribution in [0.25, 0.3) is 22.3 Å². The summed E-state index contributed by atoms with van der Waals surface area (Å²) in [5.41, 5.74) is 3.43. The number of carbonyl (C=O) groups excluding carboxylic acids is 4. The Morgan fingerprint density at radius 3 is 1.61 bits per heavy atom. The number of hydrogen-bond donors (Lipinski definition) is 1. The second kappa shape index (κ2) is 22.9. The molecule has 46 heavy (non-hydrogen) atoms. The predicted octanol–water partition coefficient (Wildman–Crippen LogP) is 8.42. The number of carbonyl (C=O) groups is 4. The Bertz CT molecular complexity index is 1520. The molecule has 0 aliphatic carbocycles. The zero-order valence-corrected chi connectivity index (χ0v) is 27.2. The topological polar surface area (TPSA) is 140 Å². The summed E-state index contributed by atoms with van der Waals surface area (Å²) in [7, 11) is 1.44. The van der Waals surface area contributed by atoms with E-state index < -0.39 is 17.8 Å². The Hall–Kier alpha value is -5.61. The molecule has 0 saturated heterocycles. The second-order valence-corrected chi connectivity index (χ2v) is 8.86. The second-order valence-electron chi connectivity index (χ2n) is 8.86. The Kier molecular flexibility index (Phi) is 21.1. The van der Waals surface area contributed by atoms with Crippen LogP contribution in [-0.4, -0.2) is 31.8 Å². The minimum atomic E-state index is -0.781. The van der Waals surface area contributed by atoms with Gasteiger partial charge in [-0.25, -0.2) is 14.0 Å². The molecule has 246 valence electrons. The number of benzene rings is 3. The molecule has 3 rings (SSSR count). The average molecular weight is 636 g/mol. The van der Waals surface area contributed by atoms with E-state index in [0.29, 0.717) is 28.0 Å². The fraction of sp³-hybridized carbons (Fsp3) is 0.167. The van der Waals surface area contributed by atoms with Crippen LogP contribution in [0.2, 0.25) is 0 Å². The van der Waals surface area contributed by atoms with E-state index in [2.05, 4.69) is 26.3 Å². The number of aldehydes is 1. The summed E-state index contributed by atoms with van der Waals surface area (Å²) in [5, 5.41) is 0. The monoisotopic (exact) mass is 635 g/mol. The van der Waals surface area contributed by atoms with E-state index in [1.807, 2.05) is 27.7 Å². The zero-order chi connectivity index (χ0) is 34.5. The van der Waals surface area contributed by atoms with Gasteiger partial charge in [0.25, 0.3) is 6.47 Å². The first-order valence-corrected chi connectivity index (χ1v) is 13.5. The Morgan fingerprint density at radius 2 is 1.15 bits per heavy atom. The maximum Gasteiger partial charge on any atom is 0.335 e. The molecule has 0 saturated carbocycles. The zero-order valence-electron chi connectivity index (χ0n) is 27.2. The van der Waals surface area contributed by atoms with Crippen LogP contribution in [-0.2, 0) is 19.2 Å². The molecule has 10 heteroatoms. The lowest BCUT2D eigenvalue weighted by molar-refractivity contribution is -0.131. The minimum absolute atomic E-state index is 0. The molecular formula is C36H42FNO8. The molecule has 0 bridgehead atoms. The third kappa shape index (κ3) is 14.7. The molecule has 0 unspecified atom stereocenters. The molecule has 0 aliphatic rings. The van der Waals surface area contributed by atoms with Crippen molar-refractivity contribution in [3.05, 3.63) is 110 Å². The molecular weight excluding hydrogens is 593 g/mol. The van der Waals surface area contributed by atoms with Crippen LogP contribution in [0, 0.1) is 5.82 Å². The van der Waals surface area contributed by atoms with Gasteiger partial charge >= 0.3 is 11.9 Å². The number of methoxy groups -OCH3 is 1. The number of hydrogen-bond acceptors (Lipinski definition) is 9. The van der Waals surface area contributed by atoms with Gasteiger partial charge in [0.15, 0.2) is 23.0 Å². The van der Waals surface area contributed by atoms with E-state index in [1.54, 1.807) is 37.3 Å². The number of halogens is 1. The van der Waals surface area contributed by atoms with Gasteiger partial charge < -0.3 is 25.1 Å². The molecule has 3 aromatic carbocycles. The summed E-state index contributed by atoms with van der Waals surface area (Å²) in [6.45, 7) is 23.4. The molecule has 0 radical (unpaired) electrons. The van der Waals surface area contributed by atoms with Crippen molar-refractivity contribution >= 4 is 24.7 Å². The van der Waals surface area contributed by atoms with E-state index in [9.17, 15) is 19.2 Å². The minimum Gasteiger partial charge on any atom is -0.493 e. The maximum atomic E-state index is 15.1. The summed E-state index contributed by atoms with van der Waals surface area (Å²) in [4.78, 5) is 43.4. The van der Waals surface area contributed by atoms with Crippen LogP contribution in [0.5, 0.6) is 23.0 Å². The van der Waals surface area contributed by atoms with Crippen molar-refractivity contribution in [2.24, 2.45) is 0 Å². The quantitative estimate of drug-likeness (QED) is 0.0764. The molecule has 0 heterocycles. The number of ether oxygens (including phenoxy) is 4. The molecule has 9 nitrogen and oxygen atoms in total. The van der Waals surface area contributed by atoms with Gasteiger partial charge in [0.05, 0.1) is 7.11 Å². The predicted molar refractivity (Wildman–Crippen MR) is 180 cm³/mol. The first-order valence-electron chi connectivity index (χ1n) is 13.5. The lowest BCUT2D eigenvalue weighted by Gasteiger charge is -2.13. The highest BCUT2D eigenvalue weighted by atomic mass is 19.1. The smallest absolute Gasteiger partial charge is 0.335 e. The van der Waals surface area contributed by atoms with E-state index in [-0.39, 0.29) is 35.4 Å². The summed E-state index contributed by atoms with van der Waals surface area (Å²) in [5.74, 6) is -1.69. The van der Waals surface area contributed by atoms with Crippen molar-refractivity contribution < 1.29 is 42.5 Å².